The zero-order valence-corrected chi connectivity index (χ0v) is 60.7. The van der Waals surface area contributed by atoms with Crippen LogP contribution in [0.3, 0.4) is 0 Å². The number of hydrogen-bond donors (Lipinski definition) is 4. The minimum atomic E-state index is -4.92. The van der Waals surface area contributed by atoms with Gasteiger partial charge in [0.25, 0.3) is 0 Å². The van der Waals surface area contributed by atoms with Gasteiger partial charge in [0.2, 0.25) is 0 Å². The number of carbonyl (C=O) groups is 3. The molecule has 0 bridgehead atoms. The highest BCUT2D eigenvalue weighted by Gasteiger charge is 2.29. The maximum Gasteiger partial charge on any atom is 0.472 e. The van der Waals surface area contributed by atoms with Gasteiger partial charge in [-0.3, -0.25) is 32.5 Å². The number of carbonyl (C=O) groups excluding carboxylic acids is 3. The Morgan fingerprint density at radius 2 is 0.570 bits per heavy atom. The Hall–Kier alpha value is -3.01. The van der Waals surface area contributed by atoms with Gasteiger partial charge in [-0.25, -0.2) is 9.13 Å². The quantitative estimate of drug-likeness (QED) is 0.0146. The Bertz CT molecular complexity index is 1990. The Labute approximate surface area is 566 Å². The number of allylic oxidation sites excluding steroid dienone is 12. The molecule has 0 aromatic rings. The van der Waals surface area contributed by atoms with E-state index in [1.165, 1.54) is 148 Å². The monoisotopic (exact) mass is 1350 g/mol. The summed E-state index contributed by atoms with van der Waals surface area (Å²) in [6, 6.07) is 0. The Morgan fingerprint density at radius 1 is 0.312 bits per heavy atom. The van der Waals surface area contributed by atoms with Crippen molar-refractivity contribution < 1.29 is 75.8 Å². The first-order valence-electron chi connectivity index (χ1n) is 37.2. The number of phosphoric acid groups is 2. The van der Waals surface area contributed by atoms with Crippen molar-refractivity contribution in [2.24, 2.45) is 0 Å². The fourth-order valence-corrected chi connectivity index (χ4v) is 11.8. The highest BCUT2D eigenvalue weighted by molar-refractivity contribution is 7.47. The largest absolute Gasteiger partial charge is 0.472 e. The highest BCUT2D eigenvalue weighted by Crippen LogP contribution is 2.45. The molecule has 93 heavy (non-hydrogen) atoms. The lowest BCUT2D eigenvalue weighted by molar-refractivity contribution is -0.161. The standard InChI is InChI=1S/C75H136O16P2/c1-4-7-10-13-16-19-22-25-28-29-30-31-32-33-34-35-36-37-38-39-42-44-46-49-52-55-58-61-73(78)85-64-70(76)65-87-92(81,82)88-66-71(77)67-89-93(83,84)90-69-72(91-75(80)63-60-57-54-51-48-45-41-27-24-21-18-15-12-9-6-3)68-86-74(79)62-59-56-53-50-47-43-40-26-23-20-17-14-11-8-5-2/h7,10,16,19,25-26,28,30-31,33-34,40,70-72,76-77H,4-6,8-9,11-15,17-18,20-24,27,29,32,35-39,41-69H2,1-3H3,(H,81,82)(H,83,84)/b10-7-,19-16-,28-25-,31-30-,34-33-,40-26-. The molecular formula is C75H136O16P2. The molecule has 0 saturated carbocycles. The van der Waals surface area contributed by atoms with Crippen molar-refractivity contribution in [3.8, 4) is 0 Å². The predicted octanol–water partition coefficient (Wildman–Crippen LogP) is 21.1. The van der Waals surface area contributed by atoms with E-state index in [0.717, 1.165) is 122 Å². The van der Waals surface area contributed by atoms with Gasteiger partial charge >= 0.3 is 33.6 Å². The van der Waals surface area contributed by atoms with Gasteiger partial charge in [-0.05, 0) is 89.9 Å². The molecule has 0 saturated heterocycles. The minimum absolute atomic E-state index is 0.109. The summed E-state index contributed by atoms with van der Waals surface area (Å²) in [6.07, 6.45) is 73.8. The number of aliphatic hydroxyl groups is 2. The molecular weight excluding hydrogens is 1220 g/mol. The molecule has 0 radical (unpaired) electrons. The molecule has 0 spiro atoms. The van der Waals surface area contributed by atoms with E-state index in [9.17, 15) is 43.5 Å². The van der Waals surface area contributed by atoms with Crippen LogP contribution >= 0.6 is 15.6 Å². The topological polar surface area (TPSA) is 231 Å². The smallest absolute Gasteiger partial charge is 0.463 e. The van der Waals surface area contributed by atoms with Crippen molar-refractivity contribution in [2.45, 2.75) is 347 Å². The molecule has 0 fully saturated rings. The molecule has 0 aliphatic heterocycles. The van der Waals surface area contributed by atoms with E-state index < -0.39 is 91.5 Å². The molecule has 0 aliphatic carbocycles. The van der Waals surface area contributed by atoms with Crippen molar-refractivity contribution in [3.63, 3.8) is 0 Å². The van der Waals surface area contributed by atoms with Gasteiger partial charge in [0, 0.05) is 19.3 Å². The van der Waals surface area contributed by atoms with Gasteiger partial charge < -0.3 is 34.2 Å². The normalized spacial score (nSPS) is 14.5. The Morgan fingerprint density at radius 3 is 0.914 bits per heavy atom. The van der Waals surface area contributed by atoms with Crippen LogP contribution in [0.4, 0.5) is 0 Å². The van der Waals surface area contributed by atoms with Gasteiger partial charge in [0.05, 0.1) is 26.4 Å². The van der Waals surface area contributed by atoms with Crippen LogP contribution in [0, 0.1) is 0 Å². The van der Waals surface area contributed by atoms with E-state index in [1.807, 2.05) is 0 Å². The number of aliphatic hydroxyl groups excluding tert-OH is 2. The molecule has 0 rings (SSSR count). The van der Waals surface area contributed by atoms with Crippen LogP contribution in [0.5, 0.6) is 0 Å². The van der Waals surface area contributed by atoms with Crippen LogP contribution in [-0.2, 0) is 55.8 Å². The van der Waals surface area contributed by atoms with Crippen LogP contribution in [0.1, 0.15) is 329 Å². The van der Waals surface area contributed by atoms with E-state index in [0.29, 0.717) is 19.3 Å². The van der Waals surface area contributed by atoms with Gasteiger partial charge in [0.15, 0.2) is 6.10 Å². The van der Waals surface area contributed by atoms with Crippen molar-refractivity contribution in [3.05, 3.63) is 72.9 Å². The second-order valence-electron chi connectivity index (χ2n) is 25.1. The van der Waals surface area contributed by atoms with E-state index in [-0.39, 0.29) is 19.3 Å². The molecule has 18 heteroatoms. The van der Waals surface area contributed by atoms with Crippen LogP contribution < -0.4 is 0 Å². The lowest BCUT2D eigenvalue weighted by Gasteiger charge is -2.21. The Kier molecular flexibility index (Phi) is 66.7. The Balaban J connectivity index is 4.50. The number of rotatable bonds is 71. The lowest BCUT2D eigenvalue weighted by Crippen LogP contribution is -2.30. The number of hydrogen-bond acceptors (Lipinski definition) is 14. The molecule has 0 aromatic carbocycles. The molecule has 0 aromatic heterocycles. The zero-order chi connectivity index (χ0) is 68.1. The summed E-state index contributed by atoms with van der Waals surface area (Å²) in [5.41, 5.74) is 0. The molecule has 542 valence electrons. The summed E-state index contributed by atoms with van der Waals surface area (Å²) in [7, 11) is -9.77. The van der Waals surface area contributed by atoms with E-state index in [1.54, 1.807) is 0 Å². The molecule has 16 nitrogen and oxygen atoms in total. The van der Waals surface area contributed by atoms with Crippen molar-refractivity contribution >= 4 is 33.6 Å². The van der Waals surface area contributed by atoms with Crippen molar-refractivity contribution in [1.29, 1.82) is 0 Å². The van der Waals surface area contributed by atoms with Gasteiger partial charge in [-0.15, -0.1) is 0 Å². The van der Waals surface area contributed by atoms with Gasteiger partial charge in [0.1, 0.15) is 25.4 Å². The number of unbranched alkanes of at least 4 members (excludes halogenated alkanes) is 36. The summed E-state index contributed by atoms with van der Waals surface area (Å²) < 4.78 is 61.0. The maximum absolute atomic E-state index is 12.9. The summed E-state index contributed by atoms with van der Waals surface area (Å²) >= 11 is 0. The third-order valence-corrected chi connectivity index (χ3v) is 17.8. The molecule has 0 aliphatic rings. The molecule has 4 N–H and O–H groups in total. The van der Waals surface area contributed by atoms with Gasteiger partial charge in [-0.2, -0.15) is 0 Å². The third-order valence-electron chi connectivity index (χ3n) is 15.9. The lowest BCUT2D eigenvalue weighted by atomic mass is 10.0. The molecule has 5 unspecified atom stereocenters. The third kappa shape index (κ3) is 70.1. The summed E-state index contributed by atoms with van der Waals surface area (Å²) in [6.45, 7) is 2.59. The average Bonchev–Trinajstić information content (AvgIpc) is 3.71. The molecule has 0 heterocycles. The van der Waals surface area contributed by atoms with E-state index in [2.05, 4.69) is 93.7 Å². The molecule has 5 atom stereocenters. The average molecular weight is 1360 g/mol. The van der Waals surface area contributed by atoms with Crippen molar-refractivity contribution in [1.82, 2.24) is 0 Å². The second kappa shape index (κ2) is 68.9. The van der Waals surface area contributed by atoms with E-state index in [4.69, 9.17) is 32.3 Å². The van der Waals surface area contributed by atoms with Crippen LogP contribution in [-0.4, -0.2) is 95.9 Å². The fourth-order valence-electron chi connectivity index (χ4n) is 10.2. The van der Waals surface area contributed by atoms with Crippen LogP contribution in [0.15, 0.2) is 72.9 Å². The zero-order valence-electron chi connectivity index (χ0n) is 58.9. The van der Waals surface area contributed by atoms with Crippen LogP contribution in [0.25, 0.3) is 0 Å². The first-order valence-corrected chi connectivity index (χ1v) is 40.2. The highest BCUT2D eigenvalue weighted by atomic mass is 31.2. The minimum Gasteiger partial charge on any atom is -0.463 e. The fraction of sp³-hybridized carbons (Fsp3) is 0.800. The summed E-state index contributed by atoms with van der Waals surface area (Å²) in [5.74, 6) is -1.57. The SMILES string of the molecule is CC/C=C\C/C=C\C/C=C\C/C=C\C/C=C\CCCCCCCCCCCCCC(=O)OCC(O)COP(=O)(O)OCC(O)COP(=O)(O)OCC(COC(=O)CCCCCCC/C=C\CCCCCCCC)OC(=O)CCCCCCCCCCCCCCCCC. The second-order valence-corrected chi connectivity index (χ2v) is 28.0. The molecule has 0 amide bonds. The maximum atomic E-state index is 12.9. The summed E-state index contributed by atoms with van der Waals surface area (Å²) in [4.78, 5) is 58.5. The first-order chi connectivity index (χ1) is 45.2. The van der Waals surface area contributed by atoms with Crippen molar-refractivity contribution in [2.75, 3.05) is 39.6 Å². The number of esters is 3. The first kappa shape index (κ1) is 90.0. The van der Waals surface area contributed by atoms with Crippen LogP contribution in [0.2, 0.25) is 0 Å². The number of ether oxygens (including phenoxy) is 3. The summed E-state index contributed by atoms with van der Waals surface area (Å²) in [5, 5.41) is 20.6. The predicted molar refractivity (Wildman–Crippen MR) is 381 cm³/mol. The van der Waals surface area contributed by atoms with Gasteiger partial charge in [-0.1, -0.05) is 293 Å². The number of phosphoric ester groups is 2. The van der Waals surface area contributed by atoms with E-state index >= 15 is 0 Å².